The monoisotopic (exact) mass is 236 g/mol. The molecule has 2 aromatic rings. The van der Waals surface area contributed by atoms with Crippen molar-refractivity contribution in [2.24, 2.45) is 0 Å². The van der Waals surface area contributed by atoms with Crippen LogP contribution < -0.4 is 5.73 Å². The maximum Gasteiger partial charge on any atom is 0.226 e. The Hall–Kier alpha value is -1.56. The van der Waals surface area contributed by atoms with E-state index in [9.17, 15) is 0 Å². The molecule has 0 aliphatic heterocycles. The van der Waals surface area contributed by atoms with Gasteiger partial charge >= 0.3 is 0 Å². The Kier molecular flexibility index (Phi) is 3.40. The third kappa shape index (κ3) is 2.73. The van der Waals surface area contributed by atoms with Crippen LogP contribution in [0.3, 0.4) is 0 Å². The fourth-order valence-electron chi connectivity index (χ4n) is 1.11. The van der Waals surface area contributed by atoms with Crippen LogP contribution in [0.4, 0.5) is 5.82 Å². The van der Waals surface area contributed by atoms with E-state index in [1.807, 2.05) is 13.0 Å². The van der Waals surface area contributed by atoms with Gasteiger partial charge < -0.3 is 10.2 Å². The third-order valence-corrected chi connectivity index (χ3v) is 2.90. The van der Waals surface area contributed by atoms with Gasteiger partial charge in [-0.05, 0) is 12.1 Å². The molecule has 84 valence electrons. The van der Waals surface area contributed by atoms with Crippen LogP contribution in [0, 0.1) is 0 Å². The topological polar surface area (TPSA) is 77.8 Å². The third-order valence-electron chi connectivity index (χ3n) is 1.93. The number of rotatable bonds is 4. The van der Waals surface area contributed by atoms with Crippen molar-refractivity contribution >= 4 is 17.6 Å². The standard InChI is InChI=1S/C10H12N4OS/c1-2-9-13-14-10(15-9)6-16-7-3-4-8(11)12-5-7/h3-5H,2,6H2,1H3,(H2,11,12). The molecule has 0 unspecified atom stereocenters. The lowest BCUT2D eigenvalue weighted by molar-refractivity contribution is 0.470. The first kappa shape index (κ1) is 10.9. The number of hydrogen-bond donors (Lipinski definition) is 1. The molecule has 0 aliphatic carbocycles. The number of aryl methyl sites for hydroxylation is 1. The van der Waals surface area contributed by atoms with Crippen molar-refractivity contribution in [1.82, 2.24) is 15.2 Å². The molecule has 0 spiro atoms. The number of nitrogens with two attached hydrogens (primary N) is 1. The first-order valence-corrected chi connectivity index (χ1v) is 5.92. The number of nitrogen functional groups attached to an aromatic ring is 1. The predicted octanol–water partition coefficient (Wildman–Crippen LogP) is 1.90. The Bertz CT molecular complexity index is 454. The van der Waals surface area contributed by atoms with Gasteiger partial charge in [-0.2, -0.15) is 0 Å². The molecule has 0 aliphatic rings. The molecule has 0 radical (unpaired) electrons. The van der Waals surface area contributed by atoms with Crippen molar-refractivity contribution in [3.63, 3.8) is 0 Å². The fraction of sp³-hybridized carbons (Fsp3) is 0.300. The summed E-state index contributed by atoms with van der Waals surface area (Å²) >= 11 is 1.59. The zero-order valence-corrected chi connectivity index (χ0v) is 9.70. The maximum absolute atomic E-state index is 5.49. The molecule has 2 aromatic heterocycles. The first-order valence-electron chi connectivity index (χ1n) is 4.93. The summed E-state index contributed by atoms with van der Waals surface area (Å²) in [6.07, 6.45) is 2.50. The van der Waals surface area contributed by atoms with Crippen molar-refractivity contribution in [1.29, 1.82) is 0 Å². The van der Waals surface area contributed by atoms with Gasteiger partial charge in [-0.15, -0.1) is 22.0 Å². The summed E-state index contributed by atoms with van der Waals surface area (Å²) in [5.74, 6) is 2.48. The Balaban J connectivity index is 1.94. The van der Waals surface area contributed by atoms with Crippen molar-refractivity contribution < 1.29 is 4.42 Å². The number of nitrogens with zero attached hydrogens (tertiary/aromatic N) is 3. The Morgan fingerprint density at radius 3 is 2.75 bits per heavy atom. The van der Waals surface area contributed by atoms with E-state index in [1.54, 1.807) is 24.0 Å². The van der Waals surface area contributed by atoms with Gasteiger partial charge in [-0.1, -0.05) is 6.92 Å². The largest absolute Gasteiger partial charge is 0.424 e. The molecule has 2 N–H and O–H groups in total. The molecular weight excluding hydrogens is 224 g/mol. The quantitative estimate of drug-likeness (QED) is 0.817. The Labute approximate surface area is 97.5 Å². The van der Waals surface area contributed by atoms with Gasteiger partial charge in [0.2, 0.25) is 11.8 Å². The number of aromatic nitrogens is 3. The van der Waals surface area contributed by atoms with Crippen LogP contribution in [-0.2, 0) is 12.2 Å². The second-order valence-electron chi connectivity index (χ2n) is 3.15. The molecule has 2 heterocycles. The van der Waals surface area contributed by atoms with Crippen LogP contribution in [0.25, 0.3) is 0 Å². The number of hydrogen-bond acceptors (Lipinski definition) is 6. The molecule has 16 heavy (non-hydrogen) atoms. The highest BCUT2D eigenvalue weighted by Crippen LogP contribution is 2.21. The van der Waals surface area contributed by atoms with Gasteiger partial charge in [0.05, 0.1) is 5.75 Å². The molecule has 5 nitrogen and oxygen atoms in total. The van der Waals surface area contributed by atoms with Crippen molar-refractivity contribution in [3.8, 4) is 0 Å². The van der Waals surface area contributed by atoms with Gasteiger partial charge in [0.15, 0.2) is 0 Å². The lowest BCUT2D eigenvalue weighted by Gasteiger charge is -1.97. The van der Waals surface area contributed by atoms with Gasteiger partial charge in [0.25, 0.3) is 0 Å². The molecule has 2 rings (SSSR count). The molecule has 0 bridgehead atoms. The van der Waals surface area contributed by atoms with Crippen molar-refractivity contribution in [2.75, 3.05) is 5.73 Å². The lowest BCUT2D eigenvalue weighted by atomic mass is 10.5. The summed E-state index contributed by atoms with van der Waals surface area (Å²) in [5, 5.41) is 7.83. The summed E-state index contributed by atoms with van der Waals surface area (Å²) in [6.45, 7) is 1.98. The highest BCUT2D eigenvalue weighted by Gasteiger charge is 2.04. The van der Waals surface area contributed by atoms with E-state index in [0.29, 0.717) is 23.4 Å². The molecule has 6 heteroatoms. The van der Waals surface area contributed by atoms with E-state index in [1.165, 1.54) is 0 Å². The second-order valence-corrected chi connectivity index (χ2v) is 4.20. The molecule has 0 saturated carbocycles. The van der Waals surface area contributed by atoms with Crippen LogP contribution >= 0.6 is 11.8 Å². The number of anilines is 1. The molecule has 0 aromatic carbocycles. The highest BCUT2D eigenvalue weighted by atomic mass is 32.2. The SMILES string of the molecule is CCc1nnc(CSc2ccc(N)nc2)o1. The number of thioether (sulfide) groups is 1. The molecular formula is C10H12N4OS. The summed E-state index contributed by atoms with van der Waals surface area (Å²) in [7, 11) is 0. The average molecular weight is 236 g/mol. The van der Waals surface area contributed by atoms with E-state index in [2.05, 4.69) is 15.2 Å². The average Bonchev–Trinajstić information content (AvgIpc) is 2.76. The van der Waals surface area contributed by atoms with E-state index < -0.39 is 0 Å². The van der Waals surface area contributed by atoms with E-state index >= 15 is 0 Å². The highest BCUT2D eigenvalue weighted by molar-refractivity contribution is 7.98. The second kappa shape index (κ2) is 4.98. The van der Waals surface area contributed by atoms with E-state index in [4.69, 9.17) is 10.2 Å². The van der Waals surface area contributed by atoms with Crippen molar-refractivity contribution in [3.05, 3.63) is 30.1 Å². The molecule has 0 amide bonds. The molecule has 0 saturated heterocycles. The first-order chi connectivity index (χ1) is 7.78. The maximum atomic E-state index is 5.49. The van der Waals surface area contributed by atoms with Crippen LogP contribution in [0.1, 0.15) is 18.7 Å². The minimum absolute atomic E-state index is 0.524. The van der Waals surface area contributed by atoms with Crippen LogP contribution in [0.2, 0.25) is 0 Å². The lowest BCUT2D eigenvalue weighted by Crippen LogP contribution is -1.88. The van der Waals surface area contributed by atoms with Gasteiger partial charge in [-0.25, -0.2) is 4.98 Å². The zero-order chi connectivity index (χ0) is 11.4. The Morgan fingerprint density at radius 1 is 1.31 bits per heavy atom. The van der Waals surface area contributed by atoms with Crippen LogP contribution in [0.15, 0.2) is 27.6 Å². The van der Waals surface area contributed by atoms with E-state index in [-0.39, 0.29) is 0 Å². The van der Waals surface area contributed by atoms with Gasteiger partial charge in [-0.3, -0.25) is 0 Å². The molecule has 0 atom stereocenters. The van der Waals surface area contributed by atoms with Crippen LogP contribution in [0.5, 0.6) is 0 Å². The smallest absolute Gasteiger partial charge is 0.226 e. The summed E-state index contributed by atoms with van der Waals surface area (Å²) < 4.78 is 5.39. The zero-order valence-electron chi connectivity index (χ0n) is 8.88. The molecule has 0 fully saturated rings. The van der Waals surface area contributed by atoms with Gasteiger partial charge in [0.1, 0.15) is 5.82 Å². The summed E-state index contributed by atoms with van der Waals surface area (Å²) in [4.78, 5) is 5.04. The summed E-state index contributed by atoms with van der Waals surface area (Å²) in [5.41, 5.74) is 5.49. The minimum atomic E-state index is 0.524. The number of pyridine rings is 1. The Morgan fingerprint density at radius 2 is 2.12 bits per heavy atom. The van der Waals surface area contributed by atoms with E-state index in [0.717, 1.165) is 11.3 Å². The predicted molar refractivity (Wildman–Crippen MR) is 61.9 cm³/mol. The van der Waals surface area contributed by atoms with Crippen LogP contribution in [-0.4, -0.2) is 15.2 Å². The fourth-order valence-corrected chi connectivity index (χ4v) is 1.81. The minimum Gasteiger partial charge on any atom is -0.424 e. The van der Waals surface area contributed by atoms with Crippen molar-refractivity contribution in [2.45, 2.75) is 24.0 Å². The van der Waals surface area contributed by atoms with Gasteiger partial charge in [0, 0.05) is 17.5 Å². The summed E-state index contributed by atoms with van der Waals surface area (Å²) in [6, 6.07) is 3.69. The normalized spacial score (nSPS) is 10.6.